The first-order valence-corrected chi connectivity index (χ1v) is 6.60. The number of phenolic OH excluding ortho intramolecular Hbond substituents is 1. The first kappa shape index (κ1) is 13.8. The van der Waals surface area contributed by atoms with Gasteiger partial charge in [0.25, 0.3) is 5.91 Å². The molecule has 0 aromatic heterocycles. The molecule has 5 heteroatoms. The Morgan fingerprint density at radius 3 is 2.95 bits per heavy atom. The topological polar surface area (TPSA) is 61.4 Å². The number of hydrogen-bond donors (Lipinski definition) is 3. The molecule has 0 radical (unpaired) electrons. The molecule has 4 nitrogen and oxygen atoms in total. The Hall–Kier alpha value is -1.62. The van der Waals surface area contributed by atoms with Crippen LogP contribution in [0.1, 0.15) is 36.5 Å². The highest BCUT2D eigenvalue weighted by Crippen LogP contribution is 2.18. The lowest BCUT2D eigenvalue weighted by atomic mass is 9.99. The predicted octanol–water partition coefficient (Wildman–Crippen LogP) is 1.79. The molecule has 0 spiro atoms. The van der Waals surface area contributed by atoms with E-state index in [1.807, 2.05) is 6.92 Å². The molecule has 0 aliphatic carbocycles. The zero-order valence-electron chi connectivity index (χ0n) is 10.9. The van der Waals surface area contributed by atoms with E-state index in [4.69, 9.17) is 0 Å². The van der Waals surface area contributed by atoms with Gasteiger partial charge in [-0.3, -0.25) is 4.79 Å². The lowest BCUT2D eigenvalue weighted by molar-refractivity contribution is 0.0925. The van der Waals surface area contributed by atoms with Crippen molar-refractivity contribution in [1.82, 2.24) is 10.6 Å². The molecular formula is C14H19FN2O2. The third-order valence-electron chi connectivity index (χ3n) is 3.52. The third kappa shape index (κ3) is 3.44. The normalized spacial score (nSPS) is 20.8. The number of amides is 1. The average Bonchev–Trinajstić information content (AvgIpc) is 2.39. The summed E-state index contributed by atoms with van der Waals surface area (Å²) in [7, 11) is 0. The molecule has 104 valence electrons. The summed E-state index contributed by atoms with van der Waals surface area (Å²) >= 11 is 0. The van der Waals surface area contributed by atoms with Gasteiger partial charge in [-0.05, 0) is 38.4 Å². The quantitative estimate of drug-likeness (QED) is 0.781. The predicted molar refractivity (Wildman–Crippen MR) is 70.6 cm³/mol. The van der Waals surface area contributed by atoms with Gasteiger partial charge in [-0.25, -0.2) is 4.39 Å². The number of aromatic hydroxyl groups is 1. The zero-order chi connectivity index (χ0) is 13.8. The van der Waals surface area contributed by atoms with E-state index in [2.05, 4.69) is 10.6 Å². The molecule has 1 heterocycles. The number of hydrogen-bond acceptors (Lipinski definition) is 3. The van der Waals surface area contributed by atoms with Crippen LogP contribution in [0.25, 0.3) is 0 Å². The lowest BCUT2D eigenvalue weighted by Gasteiger charge is -2.29. The molecule has 19 heavy (non-hydrogen) atoms. The fourth-order valence-corrected chi connectivity index (χ4v) is 2.39. The van der Waals surface area contributed by atoms with Crippen molar-refractivity contribution in [3.63, 3.8) is 0 Å². The van der Waals surface area contributed by atoms with Crippen molar-refractivity contribution < 1.29 is 14.3 Å². The zero-order valence-corrected chi connectivity index (χ0v) is 10.9. The second-order valence-electron chi connectivity index (χ2n) is 4.98. The Kier molecular flexibility index (Phi) is 4.37. The minimum absolute atomic E-state index is 0.0303. The fourth-order valence-electron chi connectivity index (χ4n) is 2.39. The Labute approximate surface area is 112 Å². The van der Waals surface area contributed by atoms with Gasteiger partial charge in [-0.1, -0.05) is 6.42 Å². The van der Waals surface area contributed by atoms with Crippen LogP contribution in [0, 0.1) is 5.82 Å². The van der Waals surface area contributed by atoms with Gasteiger partial charge in [-0.2, -0.15) is 0 Å². The van der Waals surface area contributed by atoms with E-state index in [9.17, 15) is 14.3 Å². The maximum absolute atomic E-state index is 12.9. The molecule has 1 aromatic rings. The van der Waals surface area contributed by atoms with E-state index in [1.165, 1.54) is 6.07 Å². The molecule has 0 saturated carbocycles. The van der Waals surface area contributed by atoms with E-state index in [0.29, 0.717) is 0 Å². The van der Waals surface area contributed by atoms with Crippen LogP contribution in [0.4, 0.5) is 4.39 Å². The molecule has 3 N–H and O–H groups in total. The summed E-state index contributed by atoms with van der Waals surface area (Å²) in [4.78, 5) is 12.0. The van der Waals surface area contributed by atoms with E-state index in [-0.39, 0.29) is 29.3 Å². The summed E-state index contributed by atoms with van der Waals surface area (Å²) < 4.78 is 12.9. The van der Waals surface area contributed by atoms with Gasteiger partial charge in [0.2, 0.25) is 0 Å². The summed E-state index contributed by atoms with van der Waals surface area (Å²) in [6, 6.07) is 3.62. The molecule has 1 aliphatic heterocycles. The van der Waals surface area contributed by atoms with Crippen molar-refractivity contribution >= 4 is 5.91 Å². The molecule has 2 unspecified atom stereocenters. The van der Waals surface area contributed by atoms with Crippen LogP contribution < -0.4 is 10.6 Å². The van der Waals surface area contributed by atoms with Crippen molar-refractivity contribution in [2.45, 2.75) is 38.3 Å². The van der Waals surface area contributed by atoms with E-state index in [1.54, 1.807) is 0 Å². The molecule has 0 bridgehead atoms. The summed E-state index contributed by atoms with van der Waals surface area (Å²) in [5.41, 5.74) is 0.101. The molecule has 1 saturated heterocycles. The summed E-state index contributed by atoms with van der Waals surface area (Å²) in [6.07, 6.45) is 3.34. The van der Waals surface area contributed by atoms with Crippen LogP contribution in [0.5, 0.6) is 5.75 Å². The number of benzene rings is 1. The highest BCUT2D eigenvalue weighted by atomic mass is 19.1. The highest BCUT2D eigenvalue weighted by molar-refractivity contribution is 5.96. The van der Waals surface area contributed by atoms with Gasteiger partial charge in [-0.15, -0.1) is 0 Å². The summed E-state index contributed by atoms with van der Waals surface area (Å²) in [6.45, 7) is 2.90. The van der Waals surface area contributed by atoms with Crippen molar-refractivity contribution in [3.05, 3.63) is 29.6 Å². The maximum atomic E-state index is 12.9. The van der Waals surface area contributed by atoms with Gasteiger partial charge in [0.15, 0.2) is 0 Å². The Balaban J connectivity index is 1.99. The van der Waals surface area contributed by atoms with Crippen LogP contribution in [0.2, 0.25) is 0 Å². The first-order valence-electron chi connectivity index (χ1n) is 6.60. The van der Waals surface area contributed by atoms with Crippen molar-refractivity contribution in [2.24, 2.45) is 0 Å². The number of halogens is 1. The minimum atomic E-state index is -0.559. The molecular weight excluding hydrogens is 247 g/mol. The molecule has 1 aliphatic rings. The second kappa shape index (κ2) is 6.02. The summed E-state index contributed by atoms with van der Waals surface area (Å²) in [5.74, 6) is -1.27. The monoisotopic (exact) mass is 266 g/mol. The summed E-state index contributed by atoms with van der Waals surface area (Å²) in [5, 5.41) is 15.8. The van der Waals surface area contributed by atoms with Crippen molar-refractivity contribution in [1.29, 1.82) is 0 Å². The van der Waals surface area contributed by atoms with E-state index in [0.717, 1.165) is 37.9 Å². The smallest absolute Gasteiger partial charge is 0.255 e. The highest BCUT2D eigenvalue weighted by Gasteiger charge is 2.22. The number of nitrogens with one attached hydrogen (secondary N) is 2. The van der Waals surface area contributed by atoms with Gasteiger partial charge in [0.05, 0.1) is 5.56 Å². The van der Waals surface area contributed by atoms with Gasteiger partial charge in [0, 0.05) is 18.2 Å². The van der Waals surface area contributed by atoms with Crippen molar-refractivity contribution in [2.75, 3.05) is 6.54 Å². The third-order valence-corrected chi connectivity index (χ3v) is 3.52. The van der Waals surface area contributed by atoms with E-state index < -0.39 is 5.82 Å². The average molecular weight is 266 g/mol. The van der Waals surface area contributed by atoms with Crippen LogP contribution in [-0.2, 0) is 0 Å². The molecule has 1 aromatic carbocycles. The minimum Gasteiger partial charge on any atom is -0.507 e. The first-order chi connectivity index (χ1) is 9.08. The fraction of sp³-hybridized carbons (Fsp3) is 0.500. The number of piperidine rings is 1. The number of carbonyl (C=O) groups is 1. The maximum Gasteiger partial charge on any atom is 0.255 e. The van der Waals surface area contributed by atoms with Crippen molar-refractivity contribution in [3.8, 4) is 5.75 Å². The largest absolute Gasteiger partial charge is 0.507 e. The van der Waals surface area contributed by atoms with Gasteiger partial charge in [0.1, 0.15) is 11.6 Å². The Bertz CT molecular complexity index is 459. The van der Waals surface area contributed by atoms with Gasteiger partial charge < -0.3 is 15.7 Å². The number of phenols is 1. The molecule has 1 amide bonds. The SMILES string of the molecule is CC(NC(=O)c1ccc(F)cc1O)C1CCCCN1. The van der Waals surface area contributed by atoms with Crippen LogP contribution >= 0.6 is 0 Å². The van der Waals surface area contributed by atoms with Gasteiger partial charge >= 0.3 is 0 Å². The molecule has 1 fully saturated rings. The standard InChI is InChI=1S/C14H19FN2O2/c1-9(12-4-2-3-7-16-12)17-14(19)11-6-5-10(15)8-13(11)18/h5-6,8-9,12,16,18H,2-4,7H2,1H3,(H,17,19). The van der Waals surface area contributed by atoms with E-state index >= 15 is 0 Å². The van der Waals surface area contributed by atoms with Crippen LogP contribution in [0.15, 0.2) is 18.2 Å². The van der Waals surface area contributed by atoms with Crippen LogP contribution in [-0.4, -0.2) is 29.6 Å². The lowest BCUT2D eigenvalue weighted by Crippen LogP contribution is -2.50. The number of rotatable bonds is 3. The van der Waals surface area contributed by atoms with Crippen LogP contribution in [0.3, 0.4) is 0 Å². The Morgan fingerprint density at radius 1 is 1.53 bits per heavy atom. The number of carbonyl (C=O) groups excluding carboxylic acids is 1. The second-order valence-corrected chi connectivity index (χ2v) is 4.98. The molecule has 2 rings (SSSR count). The molecule has 2 atom stereocenters. The Morgan fingerprint density at radius 2 is 2.32 bits per heavy atom.